The molecule has 104 valence electrons. The Labute approximate surface area is 108 Å². The fourth-order valence-corrected chi connectivity index (χ4v) is 1.57. The van der Waals surface area contributed by atoms with E-state index in [0.717, 1.165) is 0 Å². The molecule has 0 aliphatic heterocycles. The first-order chi connectivity index (χ1) is 8.35. The summed E-state index contributed by atoms with van der Waals surface area (Å²) in [4.78, 5) is 23.1. The smallest absolute Gasteiger partial charge is 0.330 e. The number of hydrogen-bond donors (Lipinski definition) is 1. The van der Waals surface area contributed by atoms with Crippen LogP contribution in [0.5, 0.6) is 0 Å². The summed E-state index contributed by atoms with van der Waals surface area (Å²) in [6.07, 6.45) is 2.95. The second kappa shape index (κ2) is 7.87. The Hall–Kier alpha value is -1.36. The van der Waals surface area contributed by atoms with E-state index >= 15 is 0 Å². The maximum atomic E-state index is 11.8. The van der Waals surface area contributed by atoms with Crippen molar-refractivity contribution in [2.45, 2.75) is 39.7 Å². The highest BCUT2D eigenvalue weighted by Gasteiger charge is 2.33. The Morgan fingerprint density at radius 1 is 1.22 bits per heavy atom. The van der Waals surface area contributed by atoms with Crippen LogP contribution < -0.4 is 5.73 Å². The molecule has 0 fully saturated rings. The molecule has 18 heavy (non-hydrogen) atoms. The van der Waals surface area contributed by atoms with Crippen LogP contribution in [-0.4, -0.2) is 30.7 Å². The Morgan fingerprint density at radius 3 is 2.22 bits per heavy atom. The minimum Gasteiger partial charge on any atom is -0.464 e. The van der Waals surface area contributed by atoms with Gasteiger partial charge in [-0.2, -0.15) is 0 Å². The van der Waals surface area contributed by atoms with Crippen molar-refractivity contribution in [3.05, 3.63) is 12.2 Å². The third-order valence-electron chi connectivity index (χ3n) is 2.20. The molecule has 5 nitrogen and oxygen atoms in total. The Kier molecular flexibility index (Phi) is 7.27. The summed E-state index contributed by atoms with van der Waals surface area (Å²) in [5.41, 5.74) is 4.72. The summed E-state index contributed by atoms with van der Waals surface area (Å²) < 4.78 is 9.68. The van der Waals surface area contributed by atoms with Gasteiger partial charge < -0.3 is 15.2 Å². The highest BCUT2D eigenvalue weighted by molar-refractivity contribution is 5.87. The molecule has 2 N–H and O–H groups in total. The van der Waals surface area contributed by atoms with Crippen LogP contribution in [0.25, 0.3) is 0 Å². The van der Waals surface area contributed by atoms with Gasteiger partial charge in [0.05, 0.1) is 13.2 Å². The summed E-state index contributed by atoms with van der Waals surface area (Å²) in [5, 5.41) is 0. The lowest BCUT2D eigenvalue weighted by Gasteiger charge is -2.25. The molecule has 0 bridgehead atoms. The van der Waals surface area contributed by atoms with Crippen molar-refractivity contribution in [1.29, 1.82) is 0 Å². The van der Waals surface area contributed by atoms with Gasteiger partial charge in [-0.25, -0.2) is 9.59 Å². The van der Waals surface area contributed by atoms with Crippen LogP contribution in [0.15, 0.2) is 12.2 Å². The number of rotatable bonds is 7. The number of carbonyl (C=O) groups excluding carboxylic acids is 2. The Bertz CT molecular complexity index is 312. The zero-order chi connectivity index (χ0) is 14.2. The highest BCUT2D eigenvalue weighted by atomic mass is 16.5. The normalized spacial score (nSPS) is 14.6. The molecule has 0 aromatic heterocycles. The standard InChI is InChI=1S/C13H23NO4/c1-5-17-11(15)7-8-13(14,9-10(3)4)12(16)18-6-2/h7-8,10H,5-6,9,14H2,1-4H3/b8-7+. The molecule has 0 radical (unpaired) electrons. The molecule has 0 saturated heterocycles. The quantitative estimate of drug-likeness (QED) is 0.551. The van der Waals surface area contributed by atoms with Gasteiger partial charge in [0.15, 0.2) is 0 Å². The van der Waals surface area contributed by atoms with E-state index in [2.05, 4.69) is 0 Å². The van der Waals surface area contributed by atoms with E-state index in [1.54, 1.807) is 13.8 Å². The van der Waals surface area contributed by atoms with Gasteiger partial charge >= 0.3 is 11.9 Å². The number of carbonyl (C=O) groups is 2. The van der Waals surface area contributed by atoms with Crippen LogP contribution in [0.4, 0.5) is 0 Å². The molecule has 5 heteroatoms. The Balaban J connectivity index is 4.86. The minimum atomic E-state index is -1.28. The fourth-order valence-electron chi connectivity index (χ4n) is 1.57. The molecule has 0 aromatic carbocycles. The van der Waals surface area contributed by atoms with E-state index in [1.807, 2.05) is 13.8 Å². The van der Waals surface area contributed by atoms with Gasteiger partial charge in [0, 0.05) is 6.08 Å². The number of hydrogen-bond acceptors (Lipinski definition) is 5. The minimum absolute atomic E-state index is 0.200. The number of esters is 2. The van der Waals surface area contributed by atoms with E-state index in [4.69, 9.17) is 15.2 Å². The third-order valence-corrected chi connectivity index (χ3v) is 2.20. The van der Waals surface area contributed by atoms with Crippen molar-refractivity contribution < 1.29 is 19.1 Å². The van der Waals surface area contributed by atoms with Crippen molar-refractivity contribution in [3.63, 3.8) is 0 Å². The van der Waals surface area contributed by atoms with Gasteiger partial charge in [0.25, 0.3) is 0 Å². The second-order valence-electron chi connectivity index (χ2n) is 4.44. The summed E-state index contributed by atoms with van der Waals surface area (Å²) in [5.74, 6) is -0.842. The second-order valence-corrected chi connectivity index (χ2v) is 4.44. The zero-order valence-corrected chi connectivity index (χ0v) is 11.6. The molecule has 0 heterocycles. The van der Waals surface area contributed by atoms with Gasteiger partial charge in [-0.3, -0.25) is 0 Å². The predicted molar refractivity (Wildman–Crippen MR) is 68.8 cm³/mol. The van der Waals surface area contributed by atoms with E-state index in [1.165, 1.54) is 12.2 Å². The van der Waals surface area contributed by atoms with Crippen LogP contribution >= 0.6 is 0 Å². The maximum Gasteiger partial charge on any atom is 0.330 e. The average Bonchev–Trinajstić information content (AvgIpc) is 2.26. The van der Waals surface area contributed by atoms with Crippen molar-refractivity contribution >= 4 is 11.9 Å². The van der Waals surface area contributed by atoms with Gasteiger partial charge in [-0.15, -0.1) is 0 Å². The molecule has 0 aliphatic rings. The topological polar surface area (TPSA) is 78.6 Å². The number of ether oxygens (including phenoxy) is 2. The monoisotopic (exact) mass is 257 g/mol. The van der Waals surface area contributed by atoms with Crippen molar-refractivity contribution in [2.75, 3.05) is 13.2 Å². The lowest BCUT2D eigenvalue weighted by molar-refractivity contribution is -0.148. The van der Waals surface area contributed by atoms with Crippen molar-refractivity contribution in [1.82, 2.24) is 0 Å². The zero-order valence-electron chi connectivity index (χ0n) is 11.6. The van der Waals surface area contributed by atoms with Crippen molar-refractivity contribution in [2.24, 2.45) is 11.7 Å². The average molecular weight is 257 g/mol. The molecular weight excluding hydrogens is 234 g/mol. The predicted octanol–water partition coefficient (Wildman–Crippen LogP) is 1.41. The van der Waals surface area contributed by atoms with E-state index in [0.29, 0.717) is 6.42 Å². The molecule has 0 amide bonds. The highest BCUT2D eigenvalue weighted by Crippen LogP contribution is 2.18. The SMILES string of the molecule is CCOC(=O)/C=C/C(N)(CC(C)C)C(=O)OCC. The summed E-state index contributed by atoms with van der Waals surface area (Å²) in [6, 6.07) is 0. The molecule has 0 aromatic rings. The largest absolute Gasteiger partial charge is 0.464 e. The van der Waals surface area contributed by atoms with E-state index in [9.17, 15) is 9.59 Å². The molecule has 1 atom stereocenters. The van der Waals surface area contributed by atoms with Crippen LogP contribution in [0, 0.1) is 5.92 Å². The lowest BCUT2D eigenvalue weighted by atomic mass is 9.89. The van der Waals surface area contributed by atoms with Crippen LogP contribution in [0.3, 0.4) is 0 Å². The lowest BCUT2D eigenvalue weighted by Crippen LogP contribution is -2.48. The summed E-state index contributed by atoms with van der Waals surface area (Å²) >= 11 is 0. The first-order valence-corrected chi connectivity index (χ1v) is 6.17. The molecule has 1 unspecified atom stereocenters. The van der Waals surface area contributed by atoms with Crippen LogP contribution in [0.2, 0.25) is 0 Å². The first kappa shape index (κ1) is 16.6. The van der Waals surface area contributed by atoms with Gasteiger partial charge in [0.2, 0.25) is 0 Å². The van der Waals surface area contributed by atoms with Crippen molar-refractivity contribution in [3.8, 4) is 0 Å². The Morgan fingerprint density at radius 2 is 1.78 bits per heavy atom. The maximum absolute atomic E-state index is 11.8. The molecule has 0 saturated carbocycles. The van der Waals surface area contributed by atoms with Crippen LogP contribution in [-0.2, 0) is 19.1 Å². The fraction of sp³-hybridized carbons (Fsp3) is 0.692. The molecule has 0 rings (SSSR count). The molecule has 0 aliphatic carbocycles. The van der Waals surface area contributed by atoms with Gasteiger partial charge in [0.1, 0.15) is 5.54 Å². The van der Waals surface area contributed by atoms with Crippen LogP contribution in [0.1, 0.15) is 34.1 Å². The number of nitrogens with two attached hydrogens (primary N) is 1. The van der Waals surface area contributed by atoms with E-state index in [-0.39, 0.29) is 19.1 Å². The summed E-state index contributed by atoms with van der Waals surface area (Å²) in [6.45, 7) is 7.84. The first-order valence-electron chi connectivity index (χ1n) is 6.17. The summed E-state index contributed by atoms with van der Waals surface area (Å²) in [7, 11) is 0. The molecule has 0 spiro atoms. The van der Waals surface area contributed by atoms with Gasteiger partial charge in [-0.05, 0) is 32.3 Å². The third kappa shape index (κ3) is 5.82. The van der Waals surface area contributed by atoms with E-state index < -0.39 is 17.5 Å². The van der Waals surface area contributed by atoms with Gasteiger partial charge in [-0.1, -0.05) is 13.8 Å². The molecular formula is C13H23NO4.